The Morgan fingerprint density at radius 2 is 2.56 bits per heavy atom. The van der Waals surface area contributed by atoms with Gasteiger partial charge in [0.1, 0.15) is 5.84 Å². The Morgan fingerprint density at radius 3 is 2.78 bits per heavy atom. The van der Waals surface area contributed by atoms with Gasteiger partial charge >= 0.3 is 0 Å². The molecule has 0 aliphatic carbocycles. The molecular weight excluding hydrogens is 140 g/mol. The third-order valence-electron chi connectivity index (χ3n) is 1.18. The maximum Gasteiger partial charge on any atom is 0.107 e. The van der Waals surface area contributed by atoms with Crippen molar-refractivity contribution < 1.29 is 8.76 Å². The van der Waals surface area contributed by atoms with Crippen LogP contribution in [0, 0.1) is 0 Å². The standard InChI is InChI=1S/C4H8N2O2S/c1-4-5-2-3-6(4)9(7)8/h2-3H2,1H3,(H,7,8)/p-1. The van der Waals surface area contributed by atoms with Gasteiger partial charge in [0.2, 0.25) is 0 Å². The van der Waals surface area contributed by atoms with Crippen molar-refractivity contribution in [1.29, 1.82) is 0 Å². The van der Waals surface area contributed by atoms with Crippen LogP contribution in [0.3, 0.4) is 0 Å². The molecule has 0 fully saturated rings. The first-order chi connectivity index (χ1) is 4.22. The van der Waals surface area contributed by atoms with E-state index in [-0.39, 0.29) is 0 Å². The molecule has 0 aromatic carbocycles. The quantitative estimate of drug-likeness (QED) is 0.470. The highest BCUT2D eigenvalue weighted by molar-refractivity contribution is 7.77. The van der Waals surface area contributed by atoms with Gasteiger partial charge in [0, 0.05) is 11.3 Å². The number of aliphatic imine (C=N–C) groups is 1. The van der Waals surface area contributed by atoms with Gasteiger partial charge in [0.15, 0.2) is 0 Å². The second kappa shape index (κ2) is 2.45. The fraction of sp³-hybridized carbons (Fsp3) is 0.750. The first-order valence-electron chi connectivity index (χ1n) is 2.60. The predicted octanol–water partition coefficient (Wildman–Crippen LogP) is -0.485. The van der Waals surface area contributed by atoms with Gasteiger partial charge in [-0.2, -0.15) is 0 Å². The van der Waals surface area contributed by atoms with Crippen LogP contribution in [0.2, 0.25) is 0 Å². The van der Waals surface area contributed by atoms with Crippen LogP contribution in [0.4, 0.5) is 0 Å². The molecule has 52 valence electrons. The zero-order valence-corrected chi connectivity index (χ0v) is 5.85. The average molecular weight is 147 g/mol. The minimum atomic E-state index is -2.12. The molecule has 0 amide bonds. The van der Waals surface area contributed by atoms with Crippen LogP contribution in [0.1, 0.15) is 6.92 Å². The lowest BCUT2D eigenvalue weighted by Gasteiger charge is -2.19. The van der Waals surface area contributed by atoms with Crippen LogP contribution in [-0.2, 0) is 11.3 Å². The summed E-state index contributed by atoms with van der Waals surface area (Å²) >= 11 is -2.12. The Labute approximate surface area is 56.0 Å². The van der Waals surface area contributed by atoms with Gasteiger partial charge in [-0.05, 0) is 6.92 Å². The van der Waals surface area contributed by atoms with Crippen LogP contribution in [0.15, 0.2) is 4.99 Å². The molecule has 0 saturated carbocycles. The molecule has 0 aromatic heterocycles. The van der Waals surface area contributed by atoms with Crippen molar-refractivity contribution in [2.45, 2.75) is 6.92 Å². The molecule has 1 atom stereocenters. The lowest BCUT2D eigenvalue weighted by atomic mass is 10.7. The normalized spacial score (nSPS) is 22.0. The molecule has 1 unspecified atom stereocenters. The van der Waals surface area contributed by atoms with Crippen LogP contribution < -0.4 is 0 Å². The number of rotatable bonds is 1. The third-order valence-corrected chi connectivity index (χ3v) is 1.99. The molecule has 1 heterocycles. The van der Waals surface area contributed by atoms with E-state index >= 15 is 0 Å². The molecule has 0 bridgehead atoms. The van der Waals surface area contributed by atoms with Crippen molar-refractivity contribution in [3.05, 3.63) is 0 Å². The largest absolute Gasteiger partial charge is 0.755 e. The molecule has 0 N–H and O–H groups in total. The van der Waals surface area contributed by atoms with E-state index < -0.39 is 11.3 Å². The summed E-state index contributed by atoms with van der Waals surface area (Å²) in [5.74, 6) is 0.586. The Hall–Kier alpha value is -0.420. The Kier molecular flexibility index (Phi) is 1.82. The van der Waals surface area contributed by atoms with Crippen molar-refractivity contribution in [2.75, 3.05) is 13.1 Å². The van der Waals surface area contributed by atoms with E-state index in [4.69, 9.17) is 0 Å². The monoisotopic (exact) mass is 147 g/mol. The molecule has 1 aliphatic rings. The first kappa shape index (κ1) is 6.70. The van der Waals surface area contributed by atoms with Crippen molar-refractivity contribution in [3.63, 3.8) is 0 Å². The van der Waals surface area contributed by atoms with Crippen molar-refractivity contribution in [1.82, 2.24) is 4.31 Å². The Bertz CT molecular complexity index is 168. The van der Waals surface area contributed by atoms with Crippen LogP contribution in [-0.4, -0.2) is 32.0 Å². The maximum atomic E-state index is 10.3. The topological polar surface area (TPSA) is 55.7 Å². The maximum absolute atomic E-state index is 10.3. The molecular formula is C4H7N2O2S-. The summed E-state index contributed by atoms with van der Waals surface area (Å²) in [4.78, 5) is 3.89. The second-order valence-corrected chi connectivity index (χ2v) is 2.62. The SMILES string of the molecule is CC1=NCCN1S(=O)[O-]. The summed E-state index contributed by atoms with van der Waals surface area (Å²) in [5.41, 5.74) is 0. The van der Waals surface area contributed by atoms with Gasteiger partial charge in [-0.25, -0.2) is 0 Å². The third kappa shape index (κ3) is 1.28. The zero-order valence-electron chi connectivity index (χ0n) is 5.03. The fourth-order valence-corrected chi connectivity index (χ4v) is 1.23. The number of amidine groups is 1. The van der Waals surface area contributed by atoms with Crippen molar-refractivity contribution in [3.8, 4) is 0 Å². The molecule has 9 heavy (non-hydrogen) atoms. The van der Waals surface area contributed by atoms with Gasteiger partial charge in [-0.1, -0.05) is 0 Å². The Morgan fingerprint density at radius 1 is 1.89 bits per heavy atom. The highest BCUT2D eigenvalue weighted by Gasteiger charge is 2.11. The smallest absolute Gasteiger partial charge is 0.107 e. The van der Waals surface area contributed by atoms with Gasteiger partial charge in [0.25, 0.3) is 0 Å². The fourth-order valence-electron chi connectivity index (χ4n) is 0.726. The summed E-state index contributed by atoms with van der Waals surface area (Å²) < 4.78 is 21.8. The van der Waals surface area contributed by atoms with Crippen molar-refractivity contribution in [2.24, 2.45) is 4.99 Å². The summed E-state index contributed by atoms with van der Waals surface area (Å²) in [6.07, 6.45) is 0. The van der Waals surface area contributed by atoms with Gasteiger partial charge < -0.3 is 4.55 Å². The number of hydrogen-bond donors (Lipinski definition) is 0. The molecule has 4 nitrogen and oxygen atoms in total. The molecule has 0 aromatic rings. The van der Waals surface area contributed by atoms with E-state index in [1.54, 1.807) is 6.92 Å². The predicted molar refractivity (Wildman–Crippen MR) is 33.6 cm³/mol. The summed E-state index contributed by atoms with van der Waals surface area (Å²) in [7, 11) is 0. The number of nitrogens with zero attached hydrogens (tertiary/aromatic N) is 2. The lowest BCUT2D eigenvalue weighted by Crippen LogP contribution is -2.27. The molecule has 1 rings (SSSR count). The number of hydrogen-bond acceptors (Lipinski definition) is 3. The first-order valence-corrected chi connectivity index (χ1v) is 3.63. The van der Waals surface area contributed by atoms with Gasteiger partial charge in [-0.3, -0.25) is 13.5 Å². The second-order valence-electron chi connectivity index (χ2n) is 1.75. The average Bonchev–Trinajstić information content (AvgIpc) is 2.13. The molecule has 5 heteroatoms. The van der Waals surface area contributed by atoms with E-state index in [1.807, 2.05) is 0 Å². The highest BCUT2D eigenvalue weighted by Crippen LogP contribution is 2.01. The summed E-state index contributed by atoms with van der Waals surface area (Å²) in [6.45, 7) is 2.78. The minimum absolute atomic E-state index is 0.502. The van der Waals surface area contributed by atoms with E-state index in [0.29, 0.717) is 18.9 Å². The van der Waals surface area contributed by atoms with Crippen LogP contribution in [0.5, 0.6) is 0 Å². The lowest BCUT2D eigenvalue weighted by molar-refractivity contribution is 0.484. The van der Waals surface area contributed by atoms with Crippen molar-refractivity contribution >= 4 is 17.1 Å². The summed E-state index contributed by atoms with van der Waals surface area (Å²) in [5, 5.41) is 0. The van der Waals surface area contributed by atoms with Crippen LogP contribution in [0.25, 0.3) is 0 Å². The molecule has 0 radical (unpaired) electrons. The van der Waals surface area contributed by atoms with Gasteiger partial charge in [-0.15, -0.1) is 0 Å². The molecule has 1 aliphatic heterocycles. The van der Waals surface area contributed by atoms with Gasteiger partial charge in [0.05, 0.1) is 13.1 Å². The highest BCUT2D eigenvalue weighted by atomic mass is 32.2. The van der Waals surface area contributed by atoms with Crippen LogP contribution >= 0.6 is 0 Å². The van der Waals surface area contributed by atoms with E-state index in [2.05, 4.69) is 4.99 Å². The Balaban J connectivity index is 2.63. The van der Waals surface area contributed by atoms with E-state index in [9.17, 15) is 8.76 Å². The summed E-state index contributed by atoms with van der Waals surface area (Å²) in [6, 6.07) is 0. The zero-order chi connectivity index (χ0) is 6.85. The minimum Gasteiger partial charge on any atom is -0.755 e. The van der Waals surface area contributed by atoms with E-state index in [1.165, 1.54) is 4.31 Å². The molecule has 0 spiro atoms. The molecule has 0 saturated heterocycles. The van der Waals surface area contributed by atoms with E-state index in [0.717, 1.165) is 0 Å².